The van der Waals surface area contributed by atoms with Crippen LogP contribution in [0.3, 0.4) is 0 Å². The molecule has 0 saturated carbocycles. The van der Waals surface area contributed by atoms with Crippen molar-refractivity contribution >= 4 is 16.7 Å². The van der Waals surface area contributed by atoms with E-state index in [1.54, 1.807) is 7.11 Å². The quantitative estimate of drug-likeness (QED) is 0.938. The lowest BCUT2D eigenvalue weighted by Crippen LogP contribution is -2.35. The summed E-state index contributed by atoms with van der Waals surface area (Å²) in [7, 11) is 1.66. The van der Waals surface area contributed by atoms with Crippen molar-refractivity contribution in [3.05, 3.63) is 42.0 Å². The molecule has 1 aliphatic heterocycles. The third-order valence-corrected chi connectivity index (χ3v) is 4.17. The maximum Gasteiger partial charge on any atom is 0.320 e. The number of carboxylic acid groups (broad SMARTS) is 1. The van der Waals surface area contributed by atoms with Crippen LogP contribution in [0.15, 0.2) is 36.4 Å². The van der Waals surface area contributed by atoms with E-state index in [1.807, 2.05) is 23.1 Å². The van der Waals surface area contributed by atoms with Crippen LogP contribution in [0.1, 0.15) is 18.4 Å². The molecule has 21 heavy (non-hydrogen) atoms. The van der Waals surface area contributed by atoms with E-state index in [2.05, 4.69) is 18.2 Å². The number of rotatable bonds is 4. The Labute approximate surface area is 123 Å². The molecule has 2 aromatic carbocycles. The van der Waals surface area contributed by atoms with E-state index < -0.39 is 5.97 Å². The van der Waals surface area contributed by atoms with E-state index in [9.17, 15) is 9.90 Å². The Kier molecular flexibility index (Phi) is 3.80. The monoisotopic (exact) mass is 285 g/mol. The summed E-state index contributed by atoms with van der Waals surface area (Å²) in [6, 6.07) is 11.9. The third kappa shape index (κ3) is 2.72. The molecule has 1 N–H and O–H groups in total. The highest BCUT2D eigenvalue weighted by Crippen LogP contribution is 2.29. The molecule has 0 aliphatic carbocycles. The van der Waals surface area contributed by atoms with Gasteiger partial charge in [-0.1, -0.05) is 24.3 Å². The molecule has 1 aliphatic rings. The second-order valence-corrected chi connectivity index (χ2v) is 5.48. The molecular formula is C17H19NO3. The molecule has 4 nitrogen and oxygen atoms in total. The number of hydrogen-bond acceptors (Lipinski definition) is 3. The molecule has 0 radical (unpaired) electrons. The van der Waals surface area contributed by atoms with Crippen molar-refractivity contribution in [3.8, 4) is 5.75 Å². The number of carboxylic acids is 1. The normalized spacial score (nSPS) is 19.0. The van der Waals surface area contributed by atoms with E-state index >= 15 is 0 Å². The Morgan fingerprint density at radius 1 is 1.33 bits per heavy atom. The molecule has 4 heteroatoms. The Balaban J connectivity index is 1.94. The smallest absolute Gasteiger partial charge is 0.320 e. The van der Waals surface area contributed by atoms with Gasteiger partial charge in [0.25, 0.3) is 0 Å². The largest absolute Gasteiger partial charge is 0.496 e. The average molecular weight is 285 g/mol. The van der Waals surface area contributed by atoms with Crippen LogP contribution in [0, 0.1) is 0 Å². The molecule has 1 fully saturated rings. The maximum absolute atomic E-state index is 11.3. The lowest BCUT2D eigenvalue weighted by Gasteiger charge is -2.22. The summed E-state index contributed by atoms with van der Waals surface area (Å²) in [5, 5.41) is 11.6. The molecule has 2 aromatic rings. The molecule has 0 bridgehead atoms. The van der Waals surface area contributed by atoms with Gasteiger partial charge in [-0.25, -0.2) is 0 Å². The van der Waals surface area contributed by atoms with Crippen LogP contribution in [0.5, 0.6) is 5.75 Å². The minimum atomic E-state index is -0.729. The summed E-state index contributed by atoms with van der Waals surface area (Å²) in [4.78, 5) is 13.3. The van der Waals surface area contributed by atoms with E-state index in [-0.39, 0.29) is 6.04 Å². The Morgan fingerprint density at radius 2 is 2.05 bits per heavy atom. The van der Waals surface area contributed by atoms with Gasteiger partial charge in [-0.2, -0.15) is 0 Å². The minimum absolute atomic E-state index is 0.374. The fourth-order valence-corrected chi connectivity index (χ4v) is 3.09. The number of likely N-dealkylation sites (tertiary alicyclic amines) is 1. The van der Waals surface area contributed by atoms with Gasteiger partial charge in [0.15, 0.2) is 0 Å². The second kappa shape index (κ2) is 5.74. The first-order valence-electron chi connectivity index (χ1n) is 7.21. The maximum atomic E-state index is 11.3. The molecule has 110 valence electrons. The van der Waals surface area contributed by atoms with Crippen molar-refractivity contribution in [2.24, 2.45) is 0 Å². The van der Waals surface area contributed by atoms with Crippen LogP contribution in [0.4, 0.5) is 0 Å². The zero-order chi connectivity index (χ0) is 14.8. The Hall–Kier alpha value is -2.07. The molecule has 0 amide bonds. The Morgan fingerprint density at radius 3 is 2.71 bits per heavy atom. The number of ether oxygens (including phenoxy) is 1. The van der Waals surface area contributed by atoms with Gasteiger partial charge in [-0.05, 0) is 42.3 Å². The van der Waals surface area contributed by atoms with Crippen molar-refractivity contribution in [2.45, 2.75) is 25.4 Å². The lowest BCUT2D eigenvalue weighted by atomic mass is 10.1. The minimum Gasteiger partial charge on any atom is -0.496 e. The lowest BCUT2D eigenvalue weighted by molar-refractivity contribution is -0.142. The van der Waals surface area contributed by atoms with Crippen LogP contribution < -0.4 is 4.74 Å². The highest BCUT2D eigenvalue weighted by molar-refractivity contribution is 5.85. The van der Waals surface area contributed by atoms with Crippen LogP contribution in [-0.2, 0) is 11.3 Å². The highest BCUT2D eigenvalue weighted by Gasteiger charge is 2.30. The first-order chi connectivity index (χ1) is 10.2. The van der Waals surface area contributed by atoms with Crippen LogP contribution in [0.2, 0.25) is 0 Å². The third-order valence-electron chi connectivity index (χ3n) is 4.17. The van der Waals surface area contributed by atoms with E-state index in [0.717, 1.165) is 41.5 Å². The molecular weight excluding hydrogens is 266 g/mol. The van der Waals surface area contributed by atoms with E-state index in [4.69, 9.17) is 4.74 Å². The van der Waals surface area contributed by atoms with Crippen molar-refractivity contribution in [2.75, 3.05) is 13.7 Å². The average Bonchev–Trinajstić information content (AvgIpc) is 2.95. The standard InChI is InChI=1S/C17H19NO3/c1-21-16-10-13-6-3-2-5-12(13)9-14(16)11-18-8-4-7-15(18)17(19)20/h2-3,5-6,9-10,15H,4,7-8,11H2,1H3,(H,19,20). The number of methoxy groups -OCH3 is 1. The molecule has 1 heterocycles. The first kappa shape index (κ1) is 13.9. The van der Waals surface area contributed by atoms with Gasteiger partial charge in [-0.15, -0.1) is 0 Å². The number of fused-ring (bicyclic) bond motifs is 1. The van der Waals surface area contributed by atoms with Crippen LogP contribution in [-0.4, -0.2) is 35.7 Å². The van der Waals surface area contributed by atoms with Crippen LogP contribution in [0.25, 0.3) is 10.8 Å². The van der Waals surface area contributed by atoms with Crippen molar-refractivity contribution in [1.82, 2.24) is 4.90 Å². The van der Waals surface area contributed by atoms with Gasteiger partial charge in [0.2, 0.25) is 0 Å². The second-order valence-electron chi connectivity index (χ2n) is 5.48. The zero-order valence-electron chi connectivity index (χ0n) is 12.1. The summed E-state index contributed by atoms with van der Waals surface area (Å²) in [5.41, 5.74) is 1.05. The summed E-state index contributed by atoms with van der Waals surface area (Å²) < 4.78 is 5.49. The van der Waals surface area contributed by atoms with Gasteiger partial charge in [-0.3, -0.25) is 9.69 Å². The van der Waals surface area contributed by atoms with Crippen molar-refractivity contribution in [1.29, 1.82) is 0 Å². The molecule has 3 rings (SSSR count). The summed E-state index contributed by atoms with van der Waals surface area (Å²) >= 11 is 0. The van der Waals surface area contributed by atoms with Gasteiger partial charge < -0.3 is 9.84 Å². The summed E-state index contributed by atoms with van der Waals surface area (Å²) in [6.07, 6.45) is 1.66. The molecule has 1 unspecified atom stereocenters. The number of nitrogens with zero attached hydrogens (tertiary/aromatic N) is 1. The fourth-order valence-electron chi connectivity index (χ4n) is 3.09. The van der Waals surface area contributed by atoms with Crippen molar-refractivity contribution in [3.63, 3.8) is 0 Å². The molecule has 0 spiro atoms. The number of carbonyl (C=O) groups is 1. The van der Waals surface area contributed by atoms with E-state index in [1.165, 1.54) is 0 Å². The molecule has 0 aromatic heterocycles. The van der Waals surface area contributed by atoms with Gasteiger partial charge in [0.05, 0.1) is 7.11 Å². The molecule has 1 atom stereocenters. The predicted molar refractivity (Wildman–Crippen MR) is 81.6 cm³/mol. The zero-order valence-corrected chi connectivity index (χ0v) is 12.1. The SMILES string of the molecule is COc1cc2ccccc2cc1CN1CCCC1C(=O)O. The molecule has 1 saturated heterocycles. The van der Waals surface area contributed by atoms with Gasteiger partial charge in [0.1, 0.15) is 11.8 Å². The Bertz CT molecular complexity index is 668. The summed E-state index contributed by atoms with van der Waals surface area (Å²) in [6.45, 7) is 1.44. The summed E-state index contributed by atoms with van der Waals surface area (Å²) in [5.74, 6) is 0.0944. The van der Waals surface area contributed by atoms with E-state index in [0.29, 0.717) is 6.54 Å². The first-order valence-corrected chi connectivity index (χ1v) is 7.21. The van der Waals surface area contributed by atoms with Crippen LogP contribution >= 0.6 is 0 Å². The predicted octanol–water partition coefficient (Wildman–Crippen LogP) is 2.90. The number of aliphatic carboxylic acids is 1. The highest BCUT2D eigenvalue weighted by atomic mass is 16.5. The van der Waals surface area contributed by atoms with Gasteiger partial charge in [0, 0.05) is 12.1 Å². The fraction of sp³-hybridized carbons (Fsp3) is 0.353. The number of benzene rings is 2. The van der Waals surface area contributed by atoms with Crippen molar-refractivity contribution < 1.29 is 14.6 Å². The number of hydrogen-bond donors (Lipinski definition) is 1. The van der Waals surface area contributed by atoms with Gasteiger partial charge >= 0.3 is 5.97 Å². The topological polar surface area (TPSA) is 49.8 Å².